The third-order valence-electron chi connectivity index (χ3n) is 5.72. The maximum atomic E-state index is 5.04. The van der Waals surface area contributed by atoms with Gasteiger partial charge in [0.15, 0.2) is 0 Å². The van der Waals surface area contributed by atoms with Crippen LogP contribution in [0.3, 0.4) is 0 Å². The van der Waals surface area contributed by atoms with Gasteiger partial charge in [-0.25, -0.2) is 4.98 Å². The van der Waals surface area contributed by atoms with Crippen molar-refractivity contribution in [1.29, 1.82) is 0 Å². The van der Waals surface area contributed by atoms with Crippen LogP contribution >= 0.6 is 0 Å². The number of aryl methyl sites for hydroxylation is 1. The summed E-state index contributed by atoms with van der Waals surface area (Å²) in [4.78, 5) is 5.04. The molecule has 0 amide bonds. The van der Waals surface area contributed by atoms with Gasteiger partial charge in [0.1, 0.15) is 0 Å². The second-order valence-corrected chi connectivity index (χ2v) is 7.66. The molecule has 0 N–H and O–H groups in total. The van der Waals surface area contributed by atoms with Crippen LogP contribution in [-0.4, -0.2) is 4.98 Å². The predicted molar refractivity (Wildman–Crippen MR) is 118 cm³/mol. The van der Waals surface area contributed by atoms with Crippen LogP contribution in [0.2, 0.25) is 0 Å². The highest BCUT2D eigenvalue weighted by Crippen LogP contribution is 2.32. The molecule has 4 aromatic rings. The molecule has 0 saturated carbocycles. The van der Waals surface area contributed by atoms with Crippen molar-refractivity contribution in [3.63, 3.8) is 0 Å². The molecule has 0 bridgehead atoms. The van der Waals surface area contributed by atoms with E-state index in [0.29, 0.717) is 0 Å². The highest BCUT2D eigenvalue weighted by molar-refractivity contribution is 6.10. The number of unbranched alkanes of at least 4 members (excludes halogenated alkanes) is 6. The summed E-state index contributed by atoms with van der Waals surface area (Å²) in [5.41, 5.74) is 3.76. The smallest absolute Gasteiger partial charge is 0.0790 e. The van der Waals surface area contributed by atoms with Gasteiger partial charge in [-0.1, -0.05) is 100 Å². The van der Waals surface area contributed by atoms with E-state index in [1.165, 1.54) is 72.1 Å². The fourth-order valence-corrected chi connectivity index (χ4v) is 4.24. The number of hydrogen-bond acceptors (Lipinski definition) is 1. The number of benzene rings is 3. The van der Waals surface area contributed by atoms with E-state index in [9.17, 15) is 0 Å². The van der Waals surface area contributed by atoms with Gasteiger partial charge in [-0.05, 0) is 29.9 Å². The Morgan fingerprint density at radius 1 is 0.630 bits per heavy atom. The molecular formula is C26H29N. The van der Waals surface area contributed by atoms with Crippen molar-refractivity contribution in [2.45, 2.75) is 58.3 Å². The zero-order valence-corrected chi connectivity index (χ0v) is 16.4. The van der Waals surface area contributed by atoms with Gasteiger partial charge in [-0.2, -0.15) is 0 Å². The van der Waals surface area contributed by atoms with E-state index in [0.717, 1.165) is 17.5 Å². The van der Waals surface area contributed by atoms with Crippen LogP contribution in [0.15, 0.2) is 60.7 Å². The molecule has 0 aliphatic rings. The Morgan fingerprint density at radius 3 is 2.19 bits per heavy atom. The van der Waals surface area contributed by atoms with Crippen LogP contribution in [0.25, 0.3) is 32.6 Å². The van der Waals surface area contributed by atoms with Gasteiger partial charge in [0, 0.05) is 16.2 Å². The Balaban J connectivity index is 1.67. The lowest BCUT2D eigenvalue weighted by Crippen LogP contribution is -1.94. The second-order valence-electron chi connectivity index (χ2n) is 7.66. The quantitative estimate of drug-likeness (QED) is 0.178. The summed E-state index contributed by atoms with van der Waals surface area (Å²) >= 11 is 0. The monoisotopic (exact) mass is 355 g/mol. The highest BCUT2D eigenvalue weighted by Gasteiger charge is 2.11. The Hall–Kier alpha value is -2.41. The fraction of sp³-hybridized carbons (Fsp3) is 0.346. The van der Waals surface area contributed by atoms with Gasteiger partial charge in [0.05, 0.1) is 11.0 Å². The minimum absolute atomic E-state index is 1.12. The van der Waals surface area contributed by atoms with Crippen LogP contribution < -0.4 is 0 Å². The second kappa shape index (κ2) is 8.52. The van der Waals surface area contributed by atoms with Gasteiger partial charge < -0.3 is 0 Å². The maximum absolute atomic E-state index is 5.04. The Kier molecular flexibility index (Phi) is 5.67. The van der Waals surface area contributed by atoms with Crippen LogP contribution in [-0.2, 0) is 6.42 Å². The van der Waals surface area contributed by atoms with Crippen molar-refractivity contribution in [3.8, 4) is 0 Å². The maximum Gasteiger partial charge on any atom is 0.0790 e. The summed E-state index contributed by atoms with van der Waals surface area (Å²) in [6.07, 6.45) is 10.6. The molecular weight excluding hydrogens is 326 g/mol. The zero-order chi connectivity index (χ0) is 18.5. The topological polar surface area (TPSA) is 12.9 Å². The van der Waals surface area contributed by atoms with E-state index in [1.807, 2.05) is 0 Å². The summed E-state index contributed by atoms with van der Waals surface area (Å²) in [7, 11) is 0. The van der Waals surface area contributed by atoms with E-state index in [-0.39, 0.29) is 0 Å². The lowest BCUT2D eigenvalue weighted by molar-refractivity contribution is 0.590. The fourth-order valence-electron chi connectivity index (χ4n) is 4.24. The Bertz CT molecular complexity index is 1050. The highest BCUT2D eigenvalue weighted by atomic mass is 14.7. The molecule has 0 unspecified atom stereocenters. The molecule has 0 atom stereocenters. The minimum Gasteiger partial charge on any atom is -0.247 e. The van der Waals surface area contributed by atoms with E-state index in [2.05, 4.69) is 67.6 Å². The molecule has 0 radical (unpaired) electrons. The Labute approximate surface area is 162 Å². The number of pyridine rings is 1. The molecule has 138 valence electrons. The molecule has 1 aromatic heterocycles. The molecule has 1 nitrogen and oxygen atoms in total. The van der Waals surface area contributed by atoms with E-state index >= 15 is 0 Å². The summed E-state index contributed by atoms with van der Waals surface area (Å²) in [6.45, 7) is 2.28. The van der Waals surface area contributed by atoms with Crippen LogP contribution in [0.1, 0.15) is 57.4 Å². The van der Waals surface area contributed by atoms with Crippen molar-refractivity contribution >= 4 is 32.6 Å². The van der Waals surface area contributed by atoms with Crippen molar-refractivity contribution < 1.29 is 0 Å². The third kappa shape index (κ3) is 3.83. The van der Waals surface area contributed by atoms with Crippen molar-refractivity contribution in [2.75, 3.05) is 0 Å². The molecule has 1 heteroatoms. The SMILES string of the molecule is CCCCCCCCCc1c2ccccc2nc2c1ccc1ccccc12. The lowest BCUT2D eigenvalue weighted by Gasteiger charge is -2.13. The molecule has 3 aromatic carbocycles. The van der Waals surface area contributed by atoms with Gasteiger partial charge in [0.25, 0.3) is 0 Å². The first-order valence-corrected chi connectivity index (χ1v) is 10.6. The van der Waals surface area contributed by atoms with Crippen molar-refractivity contribution in [1.82, 2.24) is 4.98 Å². The molecule has 27 heavy (non-hydrogen) atoms. The average molecular weight is 356 g/mol. The van der Waals surface area contributed by atoms with E-state index in [1.54, 1.807) is 0 Å². The zero-order valence-electron chi connectivity index (χ0n) is 16.4. The standard InChI is InChI=1S/C26H29N/c1-2-3-4-5-6-7-8-15-22-23-16-11-12-17-25(23)27-26-21-14-10-9-13-20(21)18-19-24(22)26/h9-14,16-19H,2-8,15H2,1H3. The molecule has 1 heterocycles. The summed E-state index contributed by atoms with van der Waals surface area (Å²) < 4.78 is 0. The van der Waals surface area contributed by atoms with Gasteiger partial charge >= 0.3 is 0 Å². The van der Waals surface area contributed by atoms with Crippen LogP contribution in [0, 0.1) is 0 Å². The number of nitrogens with zero attached hydrogens (tertiary/aromatic N) is 1. The summed E-state index contributed by atoms with van der Waals surface area (Å²) in [6, 6.07) is 21.8. The summed E-state index contributed by atoms with van der Waals surface area (Å²) in [5.74, 6) is 0. The normalized spacial score (nSPS) is 11.6. The van der Waals surface area contributed by atoms with Crippen molar-refractivity contribution in [2.24, 2.45) is 0 Å². The van der Waals surface area contributed by atoms with Crippen LogP contribution in [0.4, 0.5) is 0 Å². The number of para-hydroxylation sites is 1. The molecule has 0 spiro atoms. The van der Waals surface area contributed by atoms with E-state index < -0.39 is 0 Å². The molecule has 0 saturated heterocycles. The predicted octanol–water partition coefficient (Wildman–Crippen LogP) is 7.83. The number of aromatic nitrogens is 1. The molecule has 0 fully saturated rings. The van der Waals surface area contributed by atoms with Gasteiger partial charge in [-0.3, -0.25) is 0 Å². The molecule has 0 aliphatic carbocycles. The minimum atomic E-state index is 1.12. The number of hydrogen-bond donors (Lipinski definition) is 0. The largest absolute Gasteiger partial charge is 0.247 e. The van der Waals surface area contributed by atoms with Gasteiger partial charge in [-0.15, -0.1) is 0 Å². The van der Waals surface area contributed by atoms with Crippen LogP contribution in [0.5, 0.6) is 0 Å². The molecule has 0 aliphatic heterocycles. The first kappa shape index (κ1) is 18.0. The first-order valence-electron chi connectivity index (χ1n) is 10.6. The number of rotatable bonds is 8. The lowest BCUT2D eigenvalue weighted by atomic mass is 9.95. The van der Waals surface area contributed by atoms with Gasteiger partial charge in [0.2, 0.25) is 0 Å². The first-order chi connectivity index (χ1) is 13.4. The molecule has 4 rings (SSSR count). The van der Waals surface area contributed by atoms with E-state index in [4.69, 9.17) is 4.98 Å². The Morgan fingerprint density at radius 2 is 1.33 bits per heavy atom. The van der Waals surface area contributed by atoms with Crippen molar-refractivity contribution in [3.05, 3.63) is 66.2 Å². The third-order valence-corrected chi connectivity index (χ3v) is 5.72. The average Bonchev–Trinajstić information content (AvgIpc) is 2.72. The number of fused-ring (bicyclic) bond motifs is 4. The summed E-state index contributed by atoms with van der Waals surface area (Å²) in [5, 5.41) is 5.20.